The Morgan fingerprint density at radius 1 is 1.50 bits per heavy atom. The fourth-order valence-electron chi connectivity index (χ4n) is 1.21. The molecule has 0 fully saturated rings. The Hall–Kier alpha value is -1.33. The van der Waals surface area contributed by atoms with E-state index in [0.29, 0.717) is 18.0 Å². The molecule has 1 aromatic heterocycles. The van der Waals surface area contributed by atoms with Gasteiger partial charge in [0, 0.05) is 6.54 Å². The fourth-order valence-corrected chi connectivity index (χ4v) is 1.79. The minimum absolute atomic E-state index is 0.199. The molecule has 1 aromatic carbocycles. The van der Waals surface area contributed by atoms with Gasteiger partial charge >= 0.3 is 6.08 Å². The zero-order valence-corrected chi connectivity index (χ0v) is 10.3. The van der Waals surface area contributed by atoms with Crippen molar-refractivity contribution in [3.8, 4) is 11.8 Å². The summed E-state index contributed by atoms with van der Waals surface area (Å²) < 4.78 is 11.4. The number of halogens is 1. The monoisotopic (exact) mass is 282 g/mol. The van der Waals surface area contributed by atoms with E-state index in [4.69, 9.17) is 14.9 Å². The molecule has 0 unspecified atom stereocenters. The van der Waals surface area contributed by atoms with Gasteiger partial charge in [-0.15, -0.1) is 0 Å². The van der Waals surface area contributed by atoms with E-state index < -0.39 is 0 Å². The number of rotatable bonds is 3. The van der Waals surface area contributed by atoms with Crippen LogP contribution in [-0.4, -0.2) is 4.98 Å². The van der Waals surface area contributed by atoms with Gasteiger partial charge in [-0.3, -0.25) is 0 Å². The van der Waals surface area contributed by atoms with Crippen molar-refractivity contribution in [1.29, 1.82) is 0 Å². The molecule has 0 saturated carbocycles. The molecular formula is C11H11BrN2O2. The maximum atomic E-state index is 5.47. The summed E-state index contributed by atoms with van der Waals surface area (Å²) in [5.41, 5.74) is 7.23. The minimum atomic E-state index is 0.199. The van der Waals surface area contributed by atoms with E-state index in [2.05, 4.69) is 20.9 Å². The van der Waals surface area contributed by atoms with E-state index in [1.165, 1.54) is 6.26 Å². The molecule has 2 rings (SSSR count). The van der Waals surface area contributed by atoms with Crippen LogP contribution in [0.5, 0.6) is 11.8 Å². The highest BCUT2D eigenvalue weighted by atomic mass is 79.9. The Bertz CT molecular complexity index is 496. The van der Waals surface area contributed by atoms with Gasteiger partial charge in [0.15, 0.2) is 0 Å². The predicted octanol–water partition coefficient (Wildman–Crippen LogP) is 3.00. The molecule has 2 N–H and O–H groups in total. The molecule has 0 aliphatic heterocycles. The zero-order chi connectivity index (χ0) is 11.5. The standard InChI is InChI=1S/C11H11BrN2O2/c1-7-2-3-10(9(12)4-7)16-11-14-8(5-13)6-15-11/h2-4,6H,5,13H2,1H3. The van der Waals surface area contributed by atoms with E-state index in [1.807, 2.05) is 25.1 Å². The van der Waals surface area contributed by atoms with Gasteiger partial charge in [-0.25, -0.2) is 0 Å². The maximum Gasteiger partial charge on any atom is 0.399 e. The van der Waals surface area contributed by atoms with Crippen LogP contribution < -0.4 is 10.5 Å². The van der Waals surface area contributed by atoms with Crippen LogP contribution in [0.25, 0.3) is 0 Å². The molecule has 2 aromatic rings. The molecule has 4 nitrogen and oxygen atoms in total. The molecule has 0 atom stereocenters. The Kier molecular flexibility index (Phi) is 3.26. The SMILES string of the molecule is Cc1ccc(Oc2nc(CN)co2)c(Br)c1. The molecule has 1 heterocycles. The lowest BCUT2D eigenvalue weighted by atomic mass is 10.2. The Morgan fingerprint density at radius 3 is 2.94 bits per heavy atom. The lowest BCUT2D eigenvalue weighted by Crippen LogP contribution is -1.95. The number of oxazole rings is 1. The third kappa shape index (κ3) is 2.43. The molecule has 0 aliphatic carbocycles. The van der Waals surface area contributed by atoms with E-state index in [-0.39, 0.29) is 6.08 Å². The van der Waals surface area contributed by atoms with E-state index in [0.717, 1.165) is 10.0 Å². The molecule has 0 aliphatic rings. The fraction of sp³-hybridized carbons (Fsp3) is 0.182. The van der Waals surface area contributed by atoms with Crippen LogP contribution >= 0.6 is 15.9 Å². The van der Waals surface area contributed by atoms with Gasteiger partial charge in [0.2, 0.25) is 0 Å². The first-order valence-corrected chi connectivity index (χ1v) is 5.57. The lowest BCUT2D eigenvalue weighted by molar-refractivity contribution is 0.329. The van der Waals surface area contributed by atoms with Gasteiger partial charge in [-0.2, -0.15) is 4.98 Å². The highest BCUT2D eigenvalue weighted by Crippen LogP contribution is 2.29. The summed E-state index contributed by atoms with van der Waals surface area (Å²) in [6.45, 7) is 2.34. The Morgan fingerprint density at radius 2 is 2.31 bits per heavy atom. The van der Waals surface area contributed by atoms with Crippen LogP contribution in [0.3, 0.4) is 0 Å². The summed E-state index contributed by atoms with van der Waals surface area (Å²) in [5.74, 6) is 0.663. The number of nitrogens with two attached hydrogens (primary N) is 1. The van der Waals surface area contributed by atoms with Gasteiger partial charge in [-0.05, 0) is 40.5 Å². The average Bonchev–Trinajstić information content (AvgIpc) is 2.70. The van der Waals surface area contributed by atoms with E-state index >= 15 is 0 Å². The number of nitrogens with zero attached hydrogens (tertiary/aromatic N) is 1. The third-order valence-electron chi connectivity index (χ3n) is 2.02. The van der Waals surface area contributed by atoms with Crippen molar-refractivity contribution in [3.05, 3.63) is 40.2 Å². The van der Waals surface area contributed by atoms with Crippen LogP contribution in [0.2, 0.25) is 0 Å². The summed E-state index contributed by atoms with van der Waals surface area (Å²) in [7, 11) is 0. The lowest BCUT2D eigenvalue weighted by Gasteiger charge is -2.03. The Labute approximate surface area is 102 Å². The van der Waals surface area contributed by atoms with Crippen molar-refractivity contribution in [2.24, 2.45) is 5.73 Å². The Balaban J connectivity index is 2.20. The molecule has 84 valence electrons. The van der Waals surface area contributed by atoms with Crippen molar-refractivity contribution in [2.75, 3.05) is 0 Å². The zero-order valence-electron chi connectivity index (χ0n) is 8.74. The highest BCUT2D eigenvalue weighted by Gasteiger charge is 2.07. The van der Waals surface area contributed by atoms with Crippen LogP contribution in [-0.2, 0) is 6.54 Å². The largest absolute Gasteiger partial charge is 0.417 e. The molecule has 0 radical (unpaired) electrons. The summed E-state index contributed by atoms with van der Waals surface area (Å²) in [6.07, 6.45) is 1.68. The second kappa shape index (κ2) is 4.67. The molecule has 0 spiro atoms. The summed E-state index contributed by atoms with van der Waals surface area (Å²) in [4.78, 5) is 4.05. The minimum Gasteiger partial charge on any atom is -0.417 e. The summed E-state index contributed by atoms with van der Waals surface area (Å²) >= 11 is 3.41. The van der Waals surface area contributed by atoms with Crippen molar-refractivity contribution >= 4 is 15.9 Å². The molecule has 0 bridgehead atoms. The quantitative estimate of drug-likeness (QED) is 0.940. The van der Waals surface area contributed by atoms with Crippen molar-refractivity contribution < 1.29 is 9.15 Å². The van der Waals surface area contributed by atoms with Gasteiger partial charge in [0.05, 0.1) is 10.2 Å². The number of aromatic nitrogens is 1. The number of benzene rings is 1. The number of ether oxygens (including phenoxy) is 1. The normalized spacial score (nSPS) is 10.4. The van der Waals surface area contributed by atoms with Crippen molar-refractivity contribution in [1.82, 2.24) is 4.98 Å². The maximum absolute atomic E-state index is 5.47. The topological polar surface area (TPSA) is 61.3 Å². The first kappa shape index (κ1) is 11.2. The summed E-state index contributed by atoms with van der Waals surface area (Å²) in [6, 6.07) is 5.76. The van der Waals surface area contributed by atoms with Crippen molar-refractivity contribution in [2.45, 2.75) is 13.5 Å². The average molecular weight is 283 g/mol. The van der Waals surface area contributed by atoms with Gasteiger partial charge in [0.1, 0.15) is 12.0 Å². The second-order valence-electron chi connectivity index (χ2n) is 3.34. The summed E-state index contributed by atoms with van der Waals surface area (Å²) in [5, 5.41) is 0. The molecule has 5 heteroatoms. The van der Waals surface area contributed by atoms with Crippen LogP contribution in [0.4, 0.5) is 0 Å². The van der Waals surface area contributed by atoms with E-state index in [9.17, 15) is 0 Å². The smallest absolute Gasteiger partial charge is 0.399 e. The predicted molar refractivity (Wildman–Crippen MR) is 63.3 cm³/mol. The first-order chi connectivity index (χ1) is 7.69. The molecule has 0 saturated heterocycles. The first-order valence-electron chi connectivity index (χ1n) is 4.77. The van der Waals surface area contributed by atoms with Gasteiger partial charge in [0.25, 0.3) is 0 Å². The van der Waals surface area contributed by atoms with Crippen molar-refractivity contribution in [3.63, 3.8) is 0 Å². The van der Waals surface area contributed by atoms with Crippen LogP contribution in [0.1, 0.15) is 11.3 Å². The third-order valence-corrected chi connectivity index (χ3v) is 2.64. The highest BCUT2D eigenvalue weighted by molar-refractivity contribution is 9.10. The van der Waals surface area contributed by atoms with Crippen LogP contribution in [0, 0.1) is 6.92 Å². The molecular weight excluding hydrogens is 272 g/mol. The molecule has 16 heavy (non-hydrogen) atoms. The molecule has 0 amide bonds. The number of hydrogen-bond acceptors (Lipinski definition) is 4. The number of aryl methyl sites for hydroxylation is 1. The van der Waals surface area contributed by atoms with Gasteiger partial charge < -0.3 is 14.9 Å². The number of hydrogen-bond donors (Lipinski definition) is 1. The van der Waals surface area contributed by atoms with Gasteiger partial charge in [-0.1, -0.05) is 6.07 Å². The second-order valence-corrected chi connectivity index (χ2v) is 4.20. The van der Waals surface area contributed by atoms with Crippen LogP contribution in [0.15, 0.2) is 33.4 Å². The van der Waals surface area contributed by atoms with E-state index in [1.54, 1.807) is 0 Å².